The third-order valence-corrected chi connectivity index (χ3v) is 4.55. The van der Waals surface area contributed by atoms with Crippen molar-refractivity contribution in [2.75, 3.05) is 23.4 Å². The molecule has 2 unspecified atom stereocenters. The number of nitrogens with zero attached hydrogens (tertiary/aromatic N) is 1. The quantitative estimate of drug-likeness (QED) is 0.854. The summed E-state index contributed by atoms with van der Waals surface area (Å²) in [6, 6.07) is 8.66. The molecule has 4 heteroatoms. The molecule has 2 aliphatic rings. The normalized spacial score (nSPS) is 26.3. The van der Waals surface area contributed by atoms with Gasteiger partial charge in [0, 0.05) is 17.4 Å². The predicted molar refractivity (Wildman–Crippen MR) is 84.8 cm³/mol. The summed E-state index contributed by atoms with van der Waals surface area (Å²) in [7, 11) is 0. The van der Waals surface area contributed by atoms with Gasteiger partial charge in [-0.05, 0) is 43.4 Å². The number of carbonyl (C=O) groups is 1. The average Bonchev–Trinajstić information content (AvgIpc) is 2.80. The number of nitrogens with one attached hydrogen (secondary N) is 1. The Morgan fingerprint density at radius 3 is 2.95 bits per heavy atom. The third-order valence-electron chi connectivity index (χ3n) is 4.55. The summed E-state index contributed by atoms with van der Waals surface area (Å²) >= 11 is 0. The van der Waals surface area contributed by atoms with E-state index < -0.39 is 0 Å². The van der Waals surface area contributed by atoms with Gasteiger partial charge >= 0.3 is 6.09 Å². The fraction of sp³-hybridized carbons (Fsp3) is 0.588. The van der Waals surface area contributed by atoms with Crippen molar-refractivity contribution in [1.82, 2.24) is 0 Å². The van der Waals surface area contributed by atoms with Crippen LogP contribution in [0, 0.1) is 5.92 Å². The second kappa shape index (κ2) is 6.37. The van der Waals surface area contributed by atoms with Gasteiger partial charge in [0.05, 0.1) is 6.54 Å². The van der Waals surface area contributed by atoms with Gasteiger partial charge in [-0.1, -0.05) is 25.8 Å². The number of carbonyl (C=O) groups excluding carboxylic acids is 1. The summed E-state index contributed by atoms with van der Waals surface area (Å²) in [5.74, 6) is 0.850. The minimum atomic E-state index is -0.240. The van der Waals surface area contributed by atoms with Crippen LogP contribution in [0.1, 0.15) is 39.0 Å². The van der Waals surface area contributed by atoms with Crippen molar-refractivity contribution in [2.24, 2.45) is 5.92 Å². The van der Waals surface area contributed by atoms with E-state index in [9.17, 15) is 4.79 Å². The van der Waals surface area contributed by atoms with Gasteiger partial charge in [0.2, 0.25) is 0 Å². The Labute approximate surface area is 126 Å². The van der Waals surface area contributed by atoms with Crippen molar-refractivity contribution >= 4 is 17.5 Å². The number of rotatable bonds is 3. The Bertz CT molecular complexity index is 503. The first-order valence-corrected chi connectivity index (χ1v) is 8.03. The summed E-state index contributed by atoms with van der Waals surface area (Å²) in [5.41, 5.74) is 2.02. The molecule has 1 aliphatic carbocycles. The molecule has 1 saturated carbocycles. The van der Waals surface area contributed by atoms with Gasteiger partial charge in [-0.25, -0.2) is 4.79 Å². The maximum atomic E-state index is 11.6. The largest absolute Gasteiger partial charge is 0.447 e. The number of amides is 1. The lowest BCUT2D eigenvalue weighted by atomic mass is 10.0. The average molecular weight is 288 g/mol. The minimum absolute atomic E-state index is 0.240. The summed E-state index contributed by atoms with van der Waals surface area (Å²) in [5, 5.41) is 3.64. The smallest absolute Gasteiger partial charge is 0.414 e. The zero-order valence-corrected chi connectivity index (χ0v) is 12.7. The summed E-state index contributed by atoms with van der Waals surface area (Å²) < 4.78 is 5.00. The number of ether oxygens (including phenoxy) is 1. The van der Waals surface area contributed by atoms with Crippen LogP contribution in [0.5, 0.6) is 0 Å². The molecule has 0 bridgehead atoms. The van der Waals surface area contributed by atoms with Gasteiger partial charge in [0.15, 0.2) is 0 Å². The molecule has 21 heavy (non-hydrogen) atoms. The lowest BCUT2D eigenvalue weighted by Gasteiger charge is -2.20. The first-order valence-electron chi connectivity index (χ1n) is 8.03. The third kappa shape index (κ3) is 3.49. The first-order chi connectivity index (χ1) is 10.2. The molecule has 0 aromatic heterocycles. The van der Waals surface area contributed by atoms with Crippen molar-refractivity contribution in [1.29, 1.82) is 0 Å². The highest BCUT2D eigenvalue weighted by molar-refractivity contribution is 5.89. The molecule has 3 rings (SSSR count). The van der Waals surface area contributed by atoms with Crippen LogP contribution in [0.2, 0.25) is 0 Å². The standard InChI is InChI=1S/C17H24N2O2/c1-13-4-2-5-14(9-8-13)18-15-6-3-7-16(12-15)19-10-11-21-17(19)20/h3,6-7,12-14,18H,2,4-5,8-11H2,1H3. The molecule has 4 nitrogen and oxygen atoms in total. The molecule has 2 atom stereocenters. The molecule has 1 heterocycles. The summed E-state index contributed by atoms with van der Waals surface area (Å²) in [6.45, 7) is 3.47. The molecule has 1 amide bonds. The van der Waals surface area contributed by atoms with E-state index in [1.807, 2.05) is 12.1 Å². The number of cyclic esters (lactones) is 1. The Morgan fingerprint density at radius 2 is 2.14 bits per heavy atom. The highest BCUT2D eigenvalue weighted by atomic mass is 16.6. The zero-order chi connectivity index (χ0) is 14.7. The molecular formula is C17H24N2O2. The van der Waals surface area contributed by atoms with Crippen molar-refractivity contribution in [3.05, 3.63) is 24.3 Å². The van der Waals surface area contributed by atoms with E-state index in [4.69, 9.17) is 4.74 Å². The monoisotopic (exact) mass is 288 g/mol. The molecule has 1 N–H and O–H groups in total. The zero-order valence-electron chi connectivity index (χ0n) is 12.7. The SMILES string of the molecule is CC1CCCC(Nc2cccc(N3CCOC3=O)c2)CC1. The first kappa shape index (κ1) is 14.2. The lowest BCUT2D eigenvalue weighted by molar-refractivity contribution is 0.181. The molecule has 1 aliphatic heterocycles. The second-order valence-electron chi connectivity index (χ2n) is 6.27. The molecule has 114 valence electrons. The van der Waals surface area contributed by atoms with Gasteiger partial charge in [0.25, 0.3) is 0 Å². The molecule has 2 fully saturated rings. The fourth-order valence-electron chi connectivity index (χ4n) is 3.26. The number of hydrogen-bond acceptors (Lipinski definition) is 3. The Kier molecular flexibility index (Phi) is 4.32. The van der Waals surface area contributed by atoms with E-state index in [0.717, 1.165) is 17.3 Å². The Balaban J connectivity index is 1.67. The van der Waals surface area contributed by atoms with Crippen LogP contribution in [0.15, 0.2) is 24.3 Å². The predicted octanol–water partition coefficient (Wildman–Crippen LogP) is 4.02. The van der Waals surface area contributed by atoms with Gasteiger partial charge in [-0.2, -0.15) is 0 Å². The second-order valence-corrected chi connectivity index (χ2v) is 6.27. The topological polar surface area (TPSA) is 41.6 Å². The van der Waals surface area contributed by atoms with Crippen LogP contribution in [-0.2, 0) is 4.74 Å². The highest BCUT2D eigenvalue weighted by Gasteiger charge is 2.24. The van der Waals surface area contributed by atoms with E-state index in [-0.39, 0.29) is 6.09 Å². The van der Waals surface area contributed by atoms with E-state index in [2.05, 4.69) is 24.4 Å². The molecule has 1 saturated heterocycles. The van der Waals surface area contributed by atoms with Crippen molar-refractivity contribution in [2.45, 2.75) is 45.1 Å². The molecule has 1 aromatic rings. The van der Waals surface area contributed by atoms with Gasteiger partial charge < -0.3 is 10.1 Å². The maximum Gasteiger partial charge on any atom is 0.414 e. The van der Waals surface area contributed by atoms with Crippen LogP contribution in [0.3, 0.4) is 0 Å². The Morgan fingerprint density at radius 1 is 1.24 bits per heavy atom. The van der Waals surface area contributed by atoms with Crippen molar-refractivity contribution in [3.8, 4) is 0 Å². The van der Waals surface area contributed by atoms with E-state index >= 15 is 0 Å². The lowest BCUT2D eigenvalue weighted by Crippen LogP contribution is -2.24. The fourth-order valence-corrected chi connectivity index (χ4v) is 3.26. The minimum Gasteiger partial charge on any atom is -0.447 e. The number of hydrogen-bond donors (Lipinski definition) is 1. The molecule has 0 spiro atoms. The summed E-state index contributed by atoms with van der Waals surface area (Å²) in [6.07, 6.45) is 6.18. The molecule has 0 radical (unpaired) electrons. The van der Waals surface area contributed by atoms with Gasteiger partial charge in [-0.15, -0.1) is 0 Å². The van der Waals surface area contributed by atoms with Crippen LogP contribution in [0.25, 0.3) is 0 Å². The van der Waals surface area contributed by atoms with E-state index in [1.54, 1.807) is 4.90 Å². The van der Waals surface area contributed by atoms with E-state index in [1.165, 1.54) is 32.1 Å². The van der Waals surface area contributed by atoms with Crippen LogP contribution in [-0.4, -0.2) is 25.3 Å². The number of anilines is 2. The maximum absolute atomic E-state index is 11.6. The van der Waals surface area contributed by atoms with Crippen LogP contribution < -0.4 is 10.2 Å². The molecular weight excluding hydrogens is 264 g/mol. The number of benzene rings is 1. The van der Waals surface area contributed by atoms with Crippen molar-refractivity contribution in [3.63, 3.8) is 0 Å². The van der Waals surface area contributed by atoms with Gasteiger partial charge in [0.1, 0.15) is 6.61 Å². The van der Waals surface area contributed by atoms with Crippen molar-refractivity contribution < 1.29 is 9.53 Å². The summed E-state index contributed by atoms with van der Waals surface area (Å²) in [4.78, 5) is 13.3. The van der Waals surface area contributed by atoms with E-state index in [0.29, 0.717) is 19.2 Å². The van der Waals surface area contributed by atoms with Gasteiger partial charge in [-0.3, -0.25) is 4.90 Å². The highest BCUT2D eigenvalue weighted by Crippen LogP contribution is 2.27. The van der Waals surface area contributed by atoms with Crippen LogP contribution in [0.4, 0.5) is 16.2 Å². The van der Waals surface area contributed by atoms with Crippen LogP contribution >= 0.6 is 0 Å². The molecule has 1 aromatic carbocycles. The Hall–Kier alpha value is -1.71.